The van der Waals surface area contributed by atoms with Crippen LogP contribution in [0.15, 0.2) is 6.07 Å². The minimum absolute atomic E-state index is 0.0700. The number of nitrogen functional groups attached to an aromatic ring is 1. The molecule has 0 bridgehead atoms. The molecule has 2 rings (SSSR count). The molecule has 1 aromatic heterocycles. The summed E-state index contributed by atoms with van der Waals surface area (Å²) in [7, 11) is 0. The van der Waals surface area contributed by atoms with Crippen LogP contribution in [0.4, 0.5) is 5.82 Å². The molecule has 1 aliphatic carbocycles. The lowest BCUT2D eigenvalue weighted by molar-refractivity contribution is -0.137. The van der Waals surface area contributed by atoms with Gasteiger partial charge in [0.25, 0.3) is 0 Å². The SMILES string of the molecule is CC(CC(=O)O)c1cc(N)nc(C2CC2)n1. The second-order valence-electron chi connectivity index (χ2n) is 4.35. The number of nitrogens with two attached hydrogens (primary N) is 1. The van der Waals surface area contributed by atoms with Crippen molar-refractivity contribution >= 4 is 11.8 Å². The lowest BCUT2D eigenvalue weighted by atomic mass is 10.0. The summed E-state index contributed by atoms with van der Waals surface area (Å²) < 4.78 is 0. The molecular formula is C11H15N3O2. The molecule has 1 unspecified atom stereocenters. The van der Waals surface area contributed by atoms with Crippen LogP contribution in [0.1, 0.15) is 49.5 Å². The number of carbonyl (C=O) groups is 1. The number of anilines is 1. The molecule has 0 radical (unpaired) electrons. The topological polar surface area (TPSA) is 89.1 Å². The Bertz CT molecular complexity index is 416. The van der Waals surface area contributed by atoms with E-state index in [1.54, 1.807) is 6.07 Å². The highest BCUT2D eigenvalue weighted by Gasteiger charge is 2.27. The highest BCUT2D eigenvalue weighted by Crippen LogP contribution is 2.38. The molecule has 0 aromatic carbocycles. The van der Waals surface area contributed by atoms with Crippen LogP contribution in [-0.4, -0.2) is 21.0 Å². The van der Waals surface area contributed by atoms with Crippen LogP contribution in [-0.2, 0) is 4.79 Å². The average molecular weight is 221 g/mol. The molecule has 0 saturated heterocycles. The van der Waals surface area contributed by atoms with Crippen molar-refractivity contribution in [1.82, 2.24) is 9.97 Å². The Kier molecular flexibility index (Phi) is 2.77. The van der Waals surface area contributed by atoms with Crippen molar-refractivity contribution in [2.45, 2.75) is 38.0 Å². The van der Waals surface area contributed by atoms with Crippen molar-refractivity contribution in [3.05, 3.63) is 17.6 Å². The molecule has 0 amide bonds. The summed E-state index contributed by atoms with van der Waals surface area (Å²) in [6.07, 6.45) is 2.28. The Morgan fingerprint density at radius 2 is 2.31 bits per heavy atom. The zero-order valence-corrected chi connectivity index (χ0v) is 9.18. The van der Waals surface area contributed by atoms with E-state index in [1.165, 1.54) is 0 Å². The van der Waals surface area contributed by atoms with Crippen molar-refractivity contribution in [3.63, 3.8) is 0 Å². The molecular weight excluding hydrogens is 206 g/mol. The van der Waals surface area contributed by atoms with Gasteiger partial charge in [-0.15, -0.1) is 0 Å². The molecule has 0 spiro atoms. The molecule has 3 N–H and O–H groups in total. The average Bonchev–Trinajstić information content (AvgIpc) is 2.98. The number of hydrogen-bond acceptors (Lipinski definition) is 4. The molecule has 16 heavy (non-hydrogen) atoms. The fourth-order valence-corrected chi connectivity index (χ4v) is 1.65. The third-order valence-electron chi connectivity index (χ3n) is 2.71. The van der Waals surface area contributed by atoms with Crippen LogP contribution in [0, 0.1) is 0 Å². The summed E-state index contributed by atoms with van der Waals surface area (Å²) in [5.74, 6) is 0.689. The highest BCUT2D eigenvalue weighted by molar-refractivity contribution is 5.67. The first-order chi connectivity index (χ1) is 7.56. The van der Waals surface area contributed by atoms with Crippen molar-refractivity contribution < 1.29 is 9.90 Å². The number of hydrogen-bond donors (Lipinski definition) is 2. The van der Waals surface area contributed by atoms with Gasteiger partial charge in [-0.1, -0.05) is 6.92 Å². The molecule has 1 saturated carbocycles. The fraction of sp³-hybridized carbons (Fsp3) is 0.545. The van der Waals surface area contributed by atoms with Gasteiger partial charge in [0.15, 0.2) is 0 Å². The van der Waals surface area contributed by atoms with Crippen LogP contribution >= 0.6 is 0 Å². The van der Waals surface area contributed by atoms with Gasteiger partial charge >= 0.3 is 5.97 Å². The van der Waals surface area contributed by atoms with E-state index in [1.807, 2.05) is 6.92 Å². The number of carboxylic acids is 1. The first-order valence-corrected chi connectivity index (χ1v) is 5.42. The lowest BCUT2D eigenvalue weighted by Crippen LogP contribution is -2.08. The molecule has 1 aliphatic rings. The van der Waals surface area contributed by atoms with E-state index >= 15 is 0 Å². The molecule has 1 fully saturated rings. The van der Waals surface area contributed by atoms with Crippen molar-refractivity contribution in [3.8, 4) is 0 Å². The summed E-state index contributed by atoms with van der Waals surface area (Å²) in [5, 5.41) is 8.73. The molecule has 86 valence electrons. The predicted molar refractivity (Wildman–Crippen MR) is 59.1 cm³/mol. The second-order valence-corrected chi connectivity index (χ2v) is 4.35. The van der Waals surface area contributed by atoms with Gasteiger partial charge in [-0.05, 0) is 12.8 Å². The first kappa shape index (κ1) is 10.9. The third-order valence-corrected chi connectivity index (χ3v) is 2.71. The Morgan fingerprint density at radius 3 is 2.88 bits per heavy atom. The number of carboxylic acid groups (broad SMARTS) is 1. The van der Waals surface area contributed by atoms with Crippen LogP contribution in [0.25, 0.3) is 0 Å². The standard InChI is InChI=1S/C11H15N3O2/c1-6(4-10(15)16)8-5-9(12)14-11(13-8)7-2-3-7/h5-7H,2-4H2,1H3,(H,15,16)(H2,12,13,14). The van der Waals surface area contributed by atoms with Gasteiger partial charge < -0.3 is 10.8 Å². The van der Waals surface area contributed by atoms with Gasteiger partial charge in [0.1, 0.15) is 11.6 Å². The Morgan fingerprint density at radius 1 is 1.62 bits per heavy atom. The second kappa shape index (κ2) is 4.08. The predicted octanol–water partition coefficient (Wildman–Crippen LogP) is 1.51. The highest BCUT2D eigenvalue weighted by atomic mass is 16.4. The van der Waals surface area contributed by atoms with E-state index in [-0.39, 0.29) is 12.3 Å². The minimum atomic E-state index is -0.822. The molecule has 1 aromatic rings. The van der Waals surface area contributed by atoms with Gasteiger partial charge in [-0.2, -0.15) is 0 Å². The smallest absolute Gasteiger partial charge is 0.304 e. The van der Waals surface area contributed by atoms with Gasteiger partial charge in [-0.3, -0.25) is 4.79 Å². The molecule has 1 heterocycles. The van der Waals surface area contributed by atoms with Crippen molar-refractivity contribution in [2.75, 3.05) is 5.73 Å². The molecule has 1 atom stereocenters. The zero-order valence-electron chi connectivity index (χ0n) is 9.18. The maximum Gasteiger partial charge on any atom is 0.304 e. The number of rotatable bonds is 4. The minimum Gasteiger partial charge on any atom is -0.481 e. The van der Waals surface area contributed by atoms with Crippen LogP contribution in [0.3, 0.4) is 0 Å². The fourth-order valence-electron chi connectivity index (χ4n) is 1.65. The number of aromatic nitrogens is 2. The monoisotopic (exact) mass is 221 g/mol. The van der Waals surface area contributed by atoms with Gasteiger partial charge in [0.2, 0.25) is 0 Å². The van der Waals surface area contributed by atoms with Gasteiger partial charge in [0, 0.05) is 23.6 Å². The van der Waals surface area contributed by atoms with Crippen LogP contribution in [0.2, 0.25) is 0 Å². The maximum atomic E-state index is 10.6. The Labute approximate surface area is 93.7 Å². The largest absolute Gasteiger partial charge is 0.481 e. The molecule has 5 nitrogen and oxygen atoms in total. The van der Waals surface area contributed by atoms with E-state index in [0.29, 0.717) is 11.7 Å². The van der Waals surface area contributed by atoms with E-state index in [9.17, 15) is 4.79 Å². The van der Waals surface area contributed by atoms with Crippen molar-refractivity contribution in [1.29, 1.82) is 0 Å². The van der Waals surface area contributed by atoms with Crippen LogP contribution < -0.4 is 5.73 Å². The third kappa shape index (κ3) is 2.48. The molecule has 0 aliphatic heterocycles. The summed E-state index contributed by atoms with van der Waals surface area (Å²) in [6.45, 7) is 1.84. The van der Waals surface area contributed by atoms with E-state index in [0.717, 1.165) is 24.4 Å². The van der Waals surface area contributed by atoms with E-state index in [2.05, 4.69) is 9.97 Å². The molecule has 5 heteroatoms. The quantitative estimate of drug-likeness (QED) is 0.804. The summed E-state index contributed by atoms with van der Waals surface area (Å²) >= 11 is 0. The van der Waals surface area contributed by atoms with E-state index < -0.39 is 5.97 Å². The van der Waals surface area contributed by atoms with E-state index in [4.69, 9.17) is 10.8 Å². The summed E-state index contributed by atoms with van der Waals surface area (Å²) in [5.41, 5.74) is 6.43. The number of aliphatic carboxylic acids is 1. The zero-order chi connectivity index (χ0) is 11.7. The van der Waals surface area contributed by atoms with Gasteiger partial charge in [-0.25, -0.2) is 9.97 Å². The van der Waals surface area contributed by atoms with Crippen molar-refractivity contribution in [2.24, 2.45) is 0 Å². The lowest BCUT2D eigenvalue weighted by Gasteiger charge is -2.10. The Hall–Kier alpha value is -1.65. The number of nitrogens with zero attached hydrogens (tertiary/aromatic N) is 2. The first-order valence-electron chi connectivity index (χ1n) is 5.42. The Balaban J connectivity index is 2.22. The maximum absolute atomic E-state index is 10.6. The van der Waals surface area contributed by atoms with Crippen LogP contribution in [0.5, 0.6) is 0 Å². The van der Waals surface area contributed by atoms with Gasteiger partial charge in [0.05, 0.1) is 6.42 Å². The summed E-state index contributed by atoms with van der Waals surface area (Å²) in [6, 6.07) is 1.67. The summed E-state index contributed by atoms with van der Waals surface area (Å²) in [4.78, 5) is 19.2. The normalized spacial score (nSPS) is 17.1.